The fourth-order valence-corrected chi connectivity index (χ4v) is 4.85. The number of hydrogen-bond acceptors (Lipinski definition) is 5. The van der Waals surface area contributed by atoms with E-state index in [-0.39, 0.29) is 5.41 Å². The van der Waals surface area contributed by atoms with E-state index in [9.17, 15) is 0 Å². The van der Waals surface area contributed by atoms with Crippen molar-refractivity contribution in [3.8, 4) is 17.0 Å². The molecule has 0 bridgehead atoms. The summed E-state index contributed by atoms with van der Waals surface area (Å²) in [5.41, 5.74) is 6.38. The first kappa shape index (κ1) is 21.5. The lowest BCUT2D eigenvalue weighted by atomic mass is 9.79. The molecule has 5 rings (SSSR count). The van der Waals surface area contributed by atoms with Crippen molar-refractivity contribution < 1.29 is 4.74 Å². The van der Waals surface area contributed by atoms with Gasteiger partial charge in [0.15, 0.2) is 0 Å². The maximum absolute atomic E-state index is 5.82. The quantitative estimate of drug-likeness (QED) is 0.440. The lowest BCUT2D eigenvalue weighted by molar-refractivity contribution is 0.338. The summed E-state index contributed by atoms with van der Waals surface area (Å²) in [6.07, 6.45) is 3.67. The second kappa shape index (κ2) is 8.21. The third kappa shape index (κ3) is 3.86. The normalized spacial score (nSPS) is 15.8. The highest BCUT2D eigenvalue weighted by atomic mass is 16.5. The Morgan fingerprint density at radius 1 is 1.06 bits per heavy atom. The van der Waals surface area contributed by atoms with E-state index in [0.29, 0.717) is 6.61 Å². The lowest BCUT2D eigenvalue weighted by Gasteiger charge is -2.38. The van der Waals surface area contributed by atoms with E-state index in [1.165, 1.54) is 0 Å². The molecule has 0 atom stereocenters. The predicted octanol–water partition coefficient (Wildman–Crippen LogP) is 5.23. The van der Waals surface area contributed by atoms with Gasteiger partial charge in [-0.3, -0.25) is 0 Å². The van der Waals surface area contributed by atoms with Gasteiger partial charge < -0.3 is 19.6 Å². The van der Waals surface area contributed by atoms with Crippen LogP contribution in [0.2, 0.25) is 0 Å². The van der Waals surface area contributed by atoms with Crippen LogP contribution in [-0.2, 0) is 5.41 Å². The van der Waals surface area contributed by atoms with Crippen LogP contribution in [0.3, 0.4) is 0 Å². The number of nitrogens with one attached hydrogen (secondary N) is 2. The van der Waals surface area contributed by atoms with Crippen LogP contribution in [0.4, 0.5) is 5.82 Å². The summed E-state index contributed by atoms with van der Waals surface area (Å²) in [6, 6.07) is 8.52. The van der Waals surface area contributed by atoms with Crippen LogP contribution in [0.25, 0.3) is 22.3 Å². The fourth-order valence-electron chi connectivity index (χ4n) is 4.85. The topological polar surface area (TPSA) is 82.7 Å². The molecule has 33 heavy (non-hydrogen) atoms. The zero-order valence-corrected chi connectivity index (χ0v) is 20.1. The SMILES string of the molecule is CCOc1cc(-c2[nH]c(C3(C)CCN(c4ncnc5[nH]c(C)cc45)CC3)nc2C)ccc1C. The van der Waals surface area contributed by atoms with Crippen LogP contribution in [0.5, 0.6) is 5.75 Å². The Kier molecular flexibility index (Phi) is 5.35. The molecule has 0 spiro atoms. The Morgan fingerprint density at radius 2 is 1.85 bits per heavy atom. The van der Waals surface area contributed by atoms with Gasteiger partial charge in [0.25, 0.3) is 0 Å². The van der Waals surface area contributed by atoms with Crippen molar-refractivity contribution in [1.29, 1.82) is 0 Å². The Bertz CT molecular complexity index is 1300. The summed E-state index contributed by atoms with van der Waals surface area (Å²) in [6.45, 7) is 13.1. The summed E-state index contributed by atoms with van der Waals surface area (Å²) in [4.78, 5) is 23.3. The molecule has 0 radical (unpaired) electrons. The minimum Gasteiger partial charge on any atom is -0.494 e. The molecule has 0 amide bonds. The number of fused-ring (bicyclic) bond motifs is 1. The molecule has 1 fully saturated rings. The standard InChI is InChI=1S/C26H32N6O/c1-6-33-21-14-19(8-7-16(21)2)22-18(4)30-25(31-22)26(5)9-11-32(12-10-26)24-20-13-17(3)29-23(20)27-15-28-24/h7-8,13-15H,6,9-12H2,1-5H3,(H,30,31)(H,27,28,29). The Labute approximate surface area is 194 Å². The first-order chi connectivity index (χ1) is 15.9. The third-order valence-electron chi connectivity index (χ3n) is 6.94. The molecule has 4 aromatic rings. The molecule has 7 heteroatoms. The number of aromatic nitrogens is 5. The second-order valence-electron chi connectivity index (χ2n) is 9.42. The molecule has 1 saturated heterocycles. The zero-order valence-electron chi connectivity index (χ0n) is 20.1. The molecular formula is C26H32N6O. The van der Waals surface area contributed by atoms with Crippen molar-refractivity contribution in [2.24, 2.45) is 0 Å². The monoisotopic (exact) mass is 444 g/mol. The number of piperidine rings is 1. The summed E-state index contributed by atoms with van der Waals surface area (Å²) in [5.74, 6) is 3.02. The highest BCUT2D eigenvalue weighted by Crippen LogP contribution is 2.38. The Morgan fingerprint density at radius 3 is 2.61 bits per heavy atom. The number of imidazole rings is 1. The summed E-state index contributed by atoms with van der Waals surface area (Å²) in [7, 11) is 0. The van der Waals surface area contributed by atoms with Gasteiger partial charge in [0.05, 0.1) is 23.4 Å². The van der Waals surface area contributed by atoms with Crippen molar-refractivity contribution in [3.05, 3.63) is 53.4 Å². The van der Waals surface area contributed by atoms with Gasteiger partial charge in [-0.2, -0.15) is 0 Å². The summed E-state index contributed by atoms with van der Waals surface area (Å²) in [5, 5.41) is 1.10. The minimum absolute atomic E-state index is 0.00678. The van der Waals surface area contributed by atoms with E-state index in [0.717, 1.165) is 82.6 Å². The lowest BCUT2D eigenvalue weighted by Crippen LogP contribution is -2.42. The molecule has 172 valence electrons. The molecule has 0 saturated carbocycles. The van der Waals surface area contributed by atoms with Gasteiger partial charge in [-0.05, 0) is 58.2 Å². The van der Waals surface area contributed by atoms with Gasteiger partial charge in [-0.1, -0.05) is 19.1 Å². The molecular weight excluding hydrogens is 412 g/mol. The number of aromatic amines is 2. The molecule has 7 nitrogen and oxygen atoms in total. The van der Waals surface area contributed by atoms with Crippen LogP contribution in [-0.4, -0.2) is 44.6 Å². The number of rotatable bonds is 5. The number of aryl methyl sites for hydroxylation is 3. The maximum Gasteiger partial charge on any atom is 0.143 e. The maximum atomic E-state index is 5.82. The van der Waals surface area contributed by atoms with Crippen molar-refractivity contribution in [1.82, 2.24) is 24.9 Å². The number of nitrogens with zero attached hydrogens (tertiary/aromatic N) is 4. The number of anilines is 1. The van der Waals surface area contributed by atoms with Gasteiger partial charge in [-0.15, -0.1) is 0 Å². The molecule has 3 aromatic heterocycles. The minimum atomic E-state index is -0.00678. The highest BCUT2D eigenvalue weighted by Gasteiger charge is 2.35. The Hall–Kier alpha value is -3.35. The van der Waals surface area contributed by atoms with E-state index >= 15 is 0 Å². The van der Waals surface area contributed by atoms with Crippen molar-refractivity contribution >= 4 is 16.9 Å². The zero-order chi connectivity index (χ0) is 23.2. The smallest absolute Gasteiger partial charge is 0.143 e. The molecule has 1 aliphatic heterocycles. The van der Waals surface area contributed by atoms with Crippen molar-refractivity contribution in [3.63, 3.8) is 0 Å². The molecule has 2 N–H and O–H groups in total. The number of benzene rings is 1. The van der Waals surface area contributed by atoms with Gasteiger partial charge in [0.2, 0.25) is 0 Å². The van der Waals surface area contributed by atoms with E-state index in [4.69, 9.17) is 9.72 Å². The van der Waals surface area contributed by atoms with E-state index in [1.54, 1.807) is 6.33 Å². The van der Waals surface area contributed by atoms with Gasteiger partial charge in [-0.25, -0.2) is 15.0 Å². The summed E-state index contributed by atoms with van der Waals surface area (Å²) < 4.78 is 5.82. The molecule has 4 heterocycles. The fraction of sp³-hybridized carbons (Fsp3) is 0.423. The van der Waals surface area contributed by atoms with Crippen molar-refractivity contribution in [2.75, 3.05) is 24.6 Å². The largest absolute Gasteiger partial charge is 0.494 e. The Balaban J connectivity index is 1.38. The number of hydrogen-bond donors (Lipinski definition) is 2. The van der Waals surface area contributed by atoms with E-state index in [2.05, 4.69) is 76.8 Å². The third-order valence-corrected chi connectivity index (χ3v) is 6.94. The van der Waals surface area contributed by atoms with Crippen LogP contribution in [0.15, 0.2) is 30.6 Å². The summed E-state index contributed by atoms with van der Waals surface area (Å²) >= 11 is 0. The molecule has 1 aliphatic rings. The van der Waals surface area contributed by atoms with E-state index < -0.39 is 0 Å². The van der Waals surface area contributed by atoms with E-state index in [1.807, 2.05) is 6.92 Å². The average molecular weight is 445 g/mol. The molecule has 1 aromatic carbocycles. The molecule has 0 aliphatic carbocycles. The van der Waals surface area contributed by atoms with Crippen LogP contribution < -0.4 is 9.64 Å². The van der Waals surface area contributed by atoms with Gasteiger partial charge >= 0.3 is 0 Å². The van der Waals surface area contributed by atoms with Crippen molar-refractivity contribution in [2.45, 2.75) is 52.9 Å². The first-order valence-electron chi connectivity index (χ1n) is 11.7. The second-order valence-corrected chi connectivity index (χ2v) is 9.42. The number of ether oxygens (including phenoxy) is 1. The van der Waals surface area contributed by atoms with Crippen LogP contribution >= 0.6 is 0 Å². The first-order valence-corrected chi connectivity index (χ1v) is 11.7. The van der Waals surface area contributed by atoms with Gasteiger partial charge in [0.1, 0.15) is 29.4 Å². The average Bonchev–Trinajstić information content (AvgIpc) is 3.38. The predicted molar refractivity (Wildman–Crippen MR) is 132 cm³/mol. The molecule has 0 unspecified atom stereocenters. The van der Waals surface area contributed by atoms with Crippen LogP contribution in [0, 0.1) is 20.8 Å². The highest BCUT2D eigenvalue weighted by molar-refractivity contribution is 5.88. The van der Waals surface area contributed by atoms with Crippen LogP contribution in [0.1, 0.15) is 49.5 Å². The number of H-pyrrole nitrogens is 2. The van der Waals surface area contributed by atoms with Gasteiger partial charge in [0, 0.05) is 29.8 Å².